The Morgan fingerprint density at radius 3 is 2.95 bits per heavy atom. The van der Waals surface area contributed by atoms with E-state index in [2.05, 4.69) is 22.0 Å². The topological polar surface area (TPSA) is 53.3 Å². The second-order valence-electron chi connectivity index (χ2n) is 4.18. The van der Waals surface area contributed by atoms with Gasteiger partial charge in [-0.1, -0.05) is 22.4 Å². The molecule has 0 saturated heterocycles. The Morgan fingerprint density at radius 2 is 2.33 bits per heavy atom. The number of amides is 1. The van der Waals surface area contributed by atoms with E-state index in [-0.39, 0.29) is 50.1 Å². The number of hydrogen-bond acceptors (Lipinski definition) is 3. The van der Waals surface area contributed by atoms with E-state index in [4.69, 9.17) is 21.6 Å². The van der Waals surface area contributed by atoms with Crippen LogP contribution < -0.4 is 4.74 Å². The fourth-order valence-corrected chi connectivity index (χ4v) is 2.61. The molecule has 0 aliphatic carbocycles. The van der Waals surface area contributed by atoms with E-state index in [1.165, 1.54) is 4.90 Å². The molecule has 7 heteroatoms. The SMILES string of the molecule is CN1C(=O)C(Br)C[C-]=C1c1ccc(OCC#N)cc1Cl.[Y]. The van der Waals surface area contributed by atoms with Gasteiger partial charge < -0.3 is 9.64 Å². The van der Waals surface area contributed by atoms with E-state index in [1.807, 2.05) is 6.07 Å². The molecule has 2 rings (SSSR count). The van der Waals surface area contributed by atoms with Crippen molar-refractivity contribution in [2.24, 2.45) is 0 Å². The zero-order chi connectivity index (χ0) is 14.7. The van der Waals surface area contributed by atoms with E-state index < -0.39 is 0 Å². The van der Waals surface area contributed by atoms with Gasteiger partial charge in [-0.3, -0.25) is 4.79 Å². The van der Waals surface area contributed by atoms with Gasteiger partial charge in [0.05, 0.1) is 4.83 Å². The van der Waals surface area contributed by atoms with Crippen LogP contribution in [0.15, 0.2) is 18.2 Å². The number of alkyl halides is 1. The minimum atomic E-state index is -0.242. The van der Waals surface area contributed by atoms with Gasteiger partial charge >= 0.3 is 0 Å². The van der Waals surface area contributed by atoms with Gasteiger partial charge in [-0.05, 0) is 17.2 Å². The largest absolute Gasteiger partial charge is 0.479 e. The molecular weight excluding hydrogens is 432 g/mol. The van der Waals surface area contributed by atoms with E-state index in [1.54, 1.807) is 25.2 Å². The Balaban J connectivity index is 0.00000220. The third-order valence-electron chi connectivity index (χ3n) is 2.88. The summed E-state index contributed by atoms with van der Waals surface area (Å²) >= 11 is 9.52. The molecule has 0 aromatic heterocycles. The molecule has 0 spiro atoms. The minimum Gasteiger partial charge on any atom is -0.479 e. The van der Waals surface area contributed by atoms with Gasteiger partial charge in [0.15, 0.2) is 6.61 Å². The van der Waals surface area contributed by atoms with Crippen LogP contribution in [-0.4, -0.2) is 29.3 Å². The molecule has 0 bridgehead atoms. The maximum atomic E-state index is 11.9. The number of nitrogens with zero attached hydrogens (tertiary/aromatic N) is 2. The number of ether oxygens (including phenoxy) is 1. The van der Waals surface area contributed by atoms with Crippen LogP contribution in [0.2, 0.25) is 5.02 Å². The van der Waals surface area contributed by atoms with Gasteiger partial charge in [0.2, 0.25) is 5.91 Å². The predicted octanol–water partition coefficient (Wildman–Crippen LogP) is 3.01. The Morgan fingerprint density at radius 1 is 1.62 bits per heavy atom. The summed E-state index contributed by atoms with van der Waals surface area (Å²) in [5, 5.41) is 8.93. The van der Waals surface area contributed by atoms with E-state index in [0.717, 1.165) is 0 Å². The number of carbonyl (C=O) groups excluding carboxylic acids is 1. The summed E-state index contributed by atoms with van der Waals surface area (Å²) in [7, 11) is 1.69. The molecule has 1 amide bonds. The Bertz CT molecular complexity index is 615. The zero-order valence-electron chi connectivity index (χ0n) is 11.3. The molecule has 21 heavy (non-hydrogen) atoms. The molecule has 1 aromatic carbocycles. The van der Waals surface area contributed by atoms with Gasteiger partial charge in [0.1, 0.15) is 11.8 Å². The van der Waals surface area contributed by atoms with Crippen LogP contribution in [0.1, 0.15) is 12.0 Å². The van der Waals surface area contributed by atoms with Crippen LogP contribution in [0.3, 0.4) is 0 Å². The maximum Gasteiger partial charge on any atom is 0.236 e. The molecule has 1 aromatic rings. The second kappa shape index (κ2) is 8.29. The first-order valence-electron chi connectivity index (χ1n) is 5.86. The first-order valence-corrected chi connectivity index (χ1v) is 7.16. The van der Waals surface area contributed by atoms with Crippen molar-refractivity contribution in [3.05, 3.63) is 34.9 Å². The first-order chi connectivity index (χ1) is 9.54. The summed E-state index contributed by atoms with van der Waals surface area (Å²) in [5.41, 5.74) is 1.37. The molecule has 107 valence electrons. The van der Waals surface area contributed by atoms with Crippen molar-refractivity contribution in [2.45, 2.75) is 11.2 Å². The number of halogens is 2. The maximum absolute atomic E-state index is 11.9. The predicted molar refractivity (Wildman–Crippen MR) is 79.3 cm³/mol. The normalized spacial score (nSPS) is 17.6. The van der Waals surface area contributed by atoms with Crippen LogP contribution in [0, 0.1) is 17.4 Å². The average Bonchev–Trinajstić information content (AvgIpc) is 2.44. The van der Waals surface area contributed by atoms with Gasteiger partial charge in [-0.15, -0.1) is 28.9 Å². The number of rotatable bonds is 3. The number of hydrogen-bond donors (Lipinski definition) is 0. The smallest absolute Gasteiger partial charge is 0.236 e. The summed E-state index contributed by atoms with van der Waals surface area (Å²) in [5.74, 6) is 0.490. The van der Waals surface area contributed by atoms with Crippen molar-refractivity contribution in [1.82, 2.24) is 4.90 Å². The molecule has 1 heterocycles. The van der Waals surface area contributed by atoms with Gasteiger partial charge in [0, 0.05) is 39.8 Å². The summed E-state index contributed by atoms with van der Waals surface area (Å²) in [6, 6.07) is 6.99. The number of benzene rings is 1. The fraction of sp³-hybridized carbons (Fsp3) is 0.286. The molecule has 1 radical (unpaired) electrons. The van der Waals surface area contributed by atoms with Crippen molar-refractivity contribution in [2.75, 3.05) is 13.7 Å². The average molecular weight is 444 g/mol. The van der Waals surface area contributed by atoms with E-state index >= 15 is 0 Å². The van der Waals surface area contributed by atoms with Crippen LogP contribution >= 0.6 is 27.5 Å². The van der Waals surface area contributed by atoms with Crippen LogP contribution in [0.4, 0.5) is 0 Å². The molecule has 0 fully saturated rings. The Labute approximate surface area is 162 Å². The molecule has 1 aliphatic rings. The van der Waals surface area contributed by atoms with Crippen molar-refractivity contribution in [3.8, 4) is 11.8 Å². The summed E-state index contributed by atoms with van der Waals surface area (Å²) in [4.78, 5) is 13.2. The molecule has 0 N–H and O–H groups in total. The van der Waals surface area contributed by atoms with Crippen molar-refractivity contribution in [3.63, 3.8) is 0 Å². The standard InChI is InChI=1S/C14H11BrClN2O2.Y/c1-18-13(5-4-11(15)14(18)19)10-3-2-9(8-12(10)16)20-7-6-17;/h2-3,8,11H,4,7H2,1H3;/q-1;. The minimum absolute atomic E-state index is 0. The summed E-state index contributed by atoms with van der Waals surface area (Å²) in [6.45, 7) is -0.0336. The molecular formula is C14H11BrClN2O2Y-. The molecule has 1 aliphatic heterocycles. The summed E-state index contributed by atoms with van der Waals surface area (Å²) in [6.07, 6.45) is 3.67. The fourth-order valence-electron chi connectivity index (χ4n) is 1.88. The quantitative estimate of drug-likeness (QED) is 0.533. The van der Waals surface area contributed by atoms with Gasteiger partial charge in [-0.2, -0.15) is 5.26 Å². The van der Waals surface area contributed by atoms with Gasteiger partial charge in [0.25, 0.3) is 0 Å². The summed E-state index contributed by atoms with van der Waals surface area (Å²) < 4.78 is 5.18. The number of carbonyl (C=O) groups is 1. The zero-order valence-corrected chi connectivity index (χ0v) is 16.4. The van der Waals surface area contributed by atoms with E-state index in [9.17, 15) is 4.79 Å². The van der Waals surface area contributed by atoms with Crippen molar-refractivity contribution < 1.29 is 42.2 Å². The monoisotopic (exact) mass is 442 g/mol. The van der Waals surface area contributed by atoms with Crippen molar-refractivity contribution in [1.29, 1.82) is 5.26 Å². The number of allylic oxidation sites excluding steroid dienone is 1. The third-order valence-corrected chi connectivity index (χ3v) is 3.91. The number of nitriles is 1. The molecule has 1 atom stereocenters. The Kier molecular flexibility index (Phi) is 7.36. The molecule has 4 nitrogen and oxygen atoms in total. The van der Waals surface area contributed by atoms with E-state index in [0.29, 0.717) is 28.5 Å². The van der Waals surface area contributed by atoms with Crippen molar-refractivity contribution >= 4 is 39.1 Å². The Hall–Kier alpha value is -0.406. The third kappa shape index (κ3) is 4.29. The molecule has 1 unspecified atom stereocenters. The second-order valence-corrected chi connectivity index (χ2v) is 5.70. The first kappa shape index (κ1) is 18.6. The van der Waals surface area contributed by atoms with Crippen LogP contribution in [-0.2, 0) is 37.5 Å². The van der Waals surface area contributed by atoms with Gasteiger partial charge in [-0.25, -0.2) is 6.08 Å². The molecule has 0 saturated carbocycles. The van der Waals surface area contributed by atoms with Crippen LogP contribution in [0.5, 0.6) is 5.75 Å². The van der Waals surface area contributed by atoms with Crippen LogP contribution in [0.25, 0.3) is 5.70 Å².